The minimum atomic E-state index is -3.31. The molecule has 0 saturated heterocycles. The number of methoxy groups -OCH3 is 1. The Kier molecular flexibility index (Phi) is 4.34. The summed E-state index contributed by atoms with van der Waals surface area (Å²) in [6, 6.07) is 6.82. The van der Waals surface area contributed by atoms with Crippen LogP contribution in [0.5, 0.6) is 0 Å². The lowest BCUT2D eigenvalue weighted by molar-refractivity contribution is -0.161. The van der Waals surface area contributed by atoms with Crippen molar-refractivity contribution < 1.29 is 17.9 Å². The molecule has 0 atom stereocenters. The SMILES string of the molecule is COC(=O)C12CCC(CS(=O)(=O)c3ccc(Br)cc3)(CC1)CC2. The van der Waals surface area contributed by atoms with Crippen LogP contribution in [0.15, 0.2) is 33.6 Å². The van der Waals surface area contributed by atoms with Gasteiger partial charge in [-0.2, -0.15) is 0 Å². The molecular weight excluding hydrogens is 380 g/mol. The quantitative estimate of drug-likeness (QED) is 0.722. The van der Waals surface area contributed by atoms with Crippen LogP contribution in [0.1, 0.15) is 38.5 Å². The fourth-order valence-electron chi connectivity index (χ4n) is 4.13. The van der Waals surface area contributed by atoms with Crippen molar-refractivity contribution in [1.29, 1.82) is 0 Å². The summed E-state index contributed by atoms with van der Waals surface area (Å²) in [5.74, 6) is 0.0559. The van der Waals surface area contributed by atoms with Crippen LogP contribution in [0.25, 0.3) is 0 Å². The molecule has 1 aromatic rings. The lowest BCUT2D eigenvalue weighted by atomic mass is 9.54. The summed E-state index contributed by atoms with van der Waals surface area (Å²) in [6.45, 7) is 0. The van der Waals surface area contributed by atoms with E-state index in [0.29, 0.717) is 4.90 Å². The van der Waals surface area contributed by atoms with E-state index in [2.05, 4.69) is 15.9 Å². The zero-order valence-electron chi connectivity index (χ0n) is 13.2. The predicted octanol–water partition coefficient (Wildman–Crippen LogP) is 3.74. The summed E-state index contributed by atoms with van der Waals surface area (Å²) in [7, 11) is -1.87. The van der Waals surface area contributed by atoms with Crippen LogP contribution < -0.4 is 0 Å². The van der Waals surface area contributed by atoms with Crippen molar-refractivity contribution in [2.24, 2.45) is 10.8 Å². The zero-order chi connectivity index (χ0) is 16.7. The monoisotopic (exact) mass is 400 g/mol. The van der Waals surface area contributed by atoms with Gasteiger partial charge in [0.1, 0.15) is 0 Å². The molecule has 0 amide bonds. The van der Waals surface area contributed by atoms with Gasteiger partial charge in [-0.25, -0.2) is 8.42 Å². The topological polar surface area (TPSA) is 60.4 Å². The molecule has 6 heteroatoms. The van der Waals surface area contributed by atoms with Gasteiger partial charge in [0.15, 0.2) is 9.84 Å². The molecular formula is C17H21BrO4S. The second-order valence-corrected chi connectivity index (χ2v) is 9.89. The summed E-state index contributed by atoms with van der Waals surface area (Å²) >= 11 is 3.33. The number of hydrogen-bond acceptors (Lipinski definition) is 4. The minimum Gasteiger partial charge on any atom is -0.469 e. The van der Waals surface area contributed by atoms with Crippen LogP contribution in [0, 0.1) is 10.8 Å². The number of carbonyl (C=O) groups is 1. The third kappa shape index (κ3) is 3.07. The second kappa shape index (κ2) is 5.88. The molecule has 3 aliphatic carbocycles. The molecule has 2 bridgehead atoms. The summed E-state index contributed by atoms with van der Waals surface area (Å²) in [6.07, 6.45) is 4.61. The molecule has 0 N–H and O–H groups in total. The van der Waals surface area contributed by atoms with E-state index in [1.807, 2.05) is 0 Å². The molecule has 4 nitrogen and oxygen atoms in total. The Morgan fingerprint density at radius 1 is 1.09 bits per heavy atom. The first-order valence-electron chi connectivity index (χ1n) is 7.88. The van der Waals surface area contributed by atoms with Gasteiger partial charge in [0.2, 0.25) is 0 Å². The summed E-state index contributed by atoms with van der Waals surface area (Å²) in [4.78, 5) is 12.4. The van der Waals surface area contributed by atoms with Gasteiger partial charge in [-0.3, -0.25) is 4.79 Å². The number of sulfone groups is 1. The molecule has 3 saturated carbocycles. The predicted molar refractivity (Wildman–Crippen MR) is 90.8 cm³/mol. The Morgan fingerprint density at radius 3 is 2.09 bits per heavy atom. The number of rotatable bonds is 4. The lowest BCUT2D eigenvalue weighted by Gasteiger charge is -2.51. The van der Waals surface area contributed by atoms with Gasteiger partial charge >= 0.3 is 5.97 Å². The molecule has 126 valence electrons. The number of benzene rings is 1. The van der Waals surface area contributed by atoms with Crippen LogP contribution in [-0.2, 0) is 19.4 Å². The van der Waals surface area contributed by atoms with E-state index in [-0.39, 0.29) is 22.6 Å². The average Bonchev–Trinajstić information content (AvgIpc) is 2.55. The van der Waals surface area contributed by atoms with E-state index < -0.39 is 9.84 Å². The van der Waals surface area contributed by atoms with Gasteiger partial charge in [0, 0.05) is 4.47 Å². The number of ether oxygens (including phenoxy) is 1. The Bertz CT molecular complexity index is 684. The first kappa shape index (κ1) is 17.0. The number of esters is 1. The molecule has 23 heavy (non-hydrogen) atoms. The second-order valence-electron chi connectivity index (χ2n) is 6.98. The van der Waals surface area contributed by atoms with Crippen molar-refractivity contribution in [3.8, 4) is 0 Å². The molecule has 3 fully saturated rings. The van der Waals surface area contributed by atoms with Crippen LogP contribution in [-0.4, -0.2) is 27.2 Å². The standard InChI is InChI=1S/C17H21BrO4S/c1-22-15(19)17-9-6-16(7-10-17,8-11-17)12-23(20,21)14-4-2-13(18)3-5-14/h2-5H,6-12H2,1H3. The number of hydrogen-bond donors (Lipinski definition) is 0. The van der Waals surface area contributed by atoms with Crippen molar-refractivity contribution in [1.82, 2.24) is 0 Å². The van der Waals surface area contributed by atoms with Crippen molar-refractivity contribution in [3.63, 3.8) is 0 Å². The maximum atomic E-state index is 12.8. The normalized spacial score (nSPS) is 30.2. The van der Waals surface area contributed by atoms with Gasteiger partial charge in [-0.05, 0) is 68.2 Å². The van der Waals surface area contributed by atoms with Crippen LogP contribution >= 0.6 is 15.9 Å². The summed E-state index contributed by atoms with van der Waals surface area (Å²) in [5, 5.41) is 0. The molecule has 0 spiro atoms. The highest BCUT2D eigenvalue weighted by molar-refractivity contribution is 9.10. The Labute approximate surface area is 145 Å². The van der Waals surface area contributed by atoms with Crippen molar-refractivity contribution in [2.45, 2.75) is 43.4 Å². The van der Waals surface area contributed by atoms with E-state index in [1.54, 1.807) is 24.3 Å². The molecule has 0 heterocycles. The third-order valence-corrected chi connectivity index (χ3v) is 8.20. The van der Waals surface area contributed by atoms with Gasteiger partial charge < -0.3 is 4.74 Å². The average molecular weight is 401 g/mol. The maximum Gasteiger partial charge on any atom is 0.311 e. The van der Waals surface area contributed by atoms with Gasteiger partial charge in [0.05, 0.1) is 23.2 Å². The van der Waals surface area contributed by atoms with E-state index in [4.69, 9.17) is 4.74 Å². The fourth-order valence-corrected chi connectivity index (χ4v) is 6.35. The van der Waals surface area contributed by atoms with Gasteiger partial charge in [0.25, 0.3) is 0 Å². The lowest BCUT2D eigenvalue weighted by Crippen LogP contribution is -2.48. The van der Waals surface area contributed by atoms with E-state index in [9.17, 15) is 13.2 Å². The zero-order valence-corrected chi connectivity index (χ0v) is 15.6. The summed E-state index contributed by atoms with van der Waals surface area (Å²) < 4.78 is 31.3. The van der Waals surface area contributed by atoms with Gasteiger partial charge in [-0.1, -0.05) is 15.9 Å². The molecule has 3 aliphatic rings. The van der Waals surface area contributed by atoms with Crippen molar-refractivity contribution >= 4 is 31.7 Å². The van der Waals surface area contributed by atoms with E-state index >= 15 is 0 Å². The summed E-state index contributed by atoms with van der Waals surface area (Å²) in [5.41, 5.74) is -0.542. The Morgan fingerprint density at radius 2 is 1.61 bits per heavy atom. The smallest absolute Gasteiger partial charge is 0.311 e. The molecule has 0 aliphatic heterocycles. The first-order valence-corrected chi connectivity index (χ1v) is 10.3. The molecule has 4 rings (SSSR count). The maximum absolute atomic E-state index is 12.8. The number of halogens is 1. The third-order valence-electron chi connectivity index (χ3n) is 5.69. The molecule has 0 radical (unpaired) electrons. The minimum absolute atomic E-state index is 0.124. The van der Waals surface area contributed by atoms with Gasteiger partial charge in [-0.15, -0.1) is 0 Å². The Hall–Kier alpha value is -0.880. The molecule has 0 aromatic heterocycles. The first-order chi connectivity index (χ1) is 10.8. The highest BCUT2D eigenvalue weighted by atomic mass is 79.9. The number of carbonyl (C=O) groups excluding carboxylic acids is 1. The fraction of sp³-hybridized carbons (Fsp3) is 0.588. The molecule has 1 aromatic carbocycles. The number of fused-ring (bicyclic) bond motifs is 3. The largest absolute Gasteiger partial charge is 0.469 e. The highest BCUT2D eigenvalue weighted by Crippen LogP contribution is 2.58. The van der Waals surface area contributed by atoms with Crippen LogP contribution in [0.3, 0.4) is 0 Å². The van der Waals surface area contributed by atoms with Crippen molar-refractivity contribution in [2.75, 3.05) is 12.9 Å². The Balaban J connectivity index is 1.77. The highest BCUT2D eigenvalue weighted by Gasteiger charge is 2.54. The van der Waals surface area contributed by atoms with Crippen LogP contribution in [0.2, 0.25) is 0 Å². The van der Waals surface area contributed by atoms with E-state index in [0.717, 1.165) is 43.0 Å². The van der Waals surface area contributed by atoms with Crippen molar-refractivity contribution in [3.05, 3.63) is 28.7 Å². The van der Waals surface area contributed by atoms with Crippen LogP contribution in [0.4, 0.5) is 0 Å². The van der Waals surface area contributed by atoms with E-state index in [1.165, 1.54) is 7.11 Å². The molecule has 0 unspecified atom stereocenters.